The molecule has 20 heavy (non-hydrogen) atoms. The Labute approximate surface area is 130 Å². The molecule has 0 saturated heterocycles. The fourth-order valence-corrected chi connectivity index (χ4v) is 0.674. The number of rotatable bonds is 0. The second kappa shape index (κ2) is 16.0. The smallest absolute Gasteiger partial charge is 0.0948 e. The maximum Gasteiger partial charge on any atom is 0.0948 e. The number of hydrogen-bond donors (Lipinski definition) is 0. The lowest BCUT2D eigenvalue weighted by molar-refractivity contribution is 0.617. The van der Waals surface area contributed by atoms with Crippen LogP contribution in [0, 0.1) is 0 Å². The van der Waals surface area contributed by atoms with Crippen LogP contribution in [0.5, 0.6) is 0 Å². The van der Waals surface area contributed by atoms with Crippen molar-refractivity contribution in [2.45, 2.75) is 20.8 Å². The van der Waals surface area contributed by atoms with Gasteiger partial charge in [-0.2, -0.15) is 0 Å². The van der Waals surface area contributed by atoms with Crippen molar-refractivity contribution < 1.29 is 0 Å². The van der Waals surface area contributed by atoms with Crippen LogP contribution in [-0.4, -0.2) is 82.1 Å². The Kier molecular flexibility index (Phi) is 19.2. The minimum absolute atomic E-state index is 1.06. The lowest BCUT2D eigenvalue weighted by Gasteiger charge is -2.08. The lowest BCUT2D eigenvalue weighted by atomic mass is 10.6. The summed E-state index contributed by atoms with van der Waals surface area (Å²) in [4.78, 5) is 15.7. The predicted octanol–water partition coefficient (Wildman–Crippen LogP) is 2.59. The standard InChI is InChI=1S/2C5H12N2.C4H9NS/c2*1-5(6-2)7(3)4;1-4(5-2)6-3/h2*1-4H3;1-3H3. The van der Waals surface area contributed by atoms with E-state index in [1.165, 1.54) is 0 Å². The zero-order valence-electron chi connectivity index (χ0n) is 15.1. The number of amidine groups is 2. The van der Waals surface area contributed by atoms with Crippen molar-refractivity contribution in [3.05, 3.63) is 0 Å². The van der Waals surface area contributed by atoms with Crippen LogP contribution in [-0.2, 0) is 0 Å². The largest absolute Gasteiger partial charge is 0.367 e. The normalized spacial score (nSPS) is 11.8. The van der Waals surface area contributed by atoms with Crippen molar-refractivity contribution in [1.82, 2.24) is 9.80 Å². The molecule has 0 N–H and O–H groups in total. The second-order valence-corrected chi connectivity index (χ2v) is 5.28. The van der Waals surface area contributed by atoms with Crippen LogP contribution in [0.15, 0.2) is 15.0 Å². The Hall–Kier alpha value is -1.04. The Morgan fingerprint density at radius 3 is 1.00 bits per heavy atom. The zero-order chi connectivity index (χ0) is 16.7. The quantitative estimate of drug-likeness (QED) is 0.510. The Balaban J connectivity index is -0.000000218. The topological polar surface area (TPSA) is 43.6 Å². The molecule has 6 heteroatoms. The van der Waals surface area contributed by atoms with Gasteiger partial charge in [0.05, 0.1) is 16.7 Å². The van der Waals surface area contributed by atoms with Crippen LogP contribution in [0.2, 0.25) is 0 Å². The molecular weight excluding hydrogens is 270 g/mol. The maximum absolute atomic E-state index is 3.93. The number of thioether (sulfide) groups is 1. The third-order valence-electron chi connectivity index (χ3n) is 2.55. The summed E-state index contributed by atoms with van der Waals surface area (Å²) in [5.41, 5.74) is 0. The molecule has 0 rings (SSSR count). The van der Waals surface area contributed by atoms with Crippen LogP contribution in [0.1, 0.15) is 20.8 Å². The van der Waals surface area contributed by atoms with Gasteiger partial charge < -0.3 is 9.80 Å². The number of aliphatic imine (C=N–C) groups is 3. The van der Waals surface area contributed by atoms with Gasteiger partial charge in [-0.05, 0) is 27.0 Å². The summed E-state index contributed by atoms with van der Waals surface area (Å²) in [7, 11) is 13.3. The molecule has 120 valence electrons. The summed E-state index contributed by atoms with van der Waals surface area (Å²) in [5.74, 6) is 2.11. The van der Waals surface area contributed by atoms with Gasteiger partial charge >= 0.3 is 0 Å². The summed E-state index contributed by atoms with van der Waals surface area (Å²) < 4.78 is 0. The molecule has 0 aromatic heterocycles. The first-order valence-electron chi connectivity index (χ1n) is 6.36. The Morgan fingerprint density at radius 2 is 1.00 bits per heavy atom. The fourth-order valence-electron chi connectivity index (χ4n) is 0.491. The number of hydrogen-bond acceptors (Lipinski definition) is 4. The SMILES string of the molecule is CN=C(C)N(C)C.CN=C(C)N(C)C.CN=C(C)SC. The molecule has 0 aliphatic carbocycles. The van der Waals surface area contributed by atoms with E-state index in [1.54, 1.807) is 32.9 Å². The van der Waals surface area contributed by atoms with Gasteiger partial charge in [-0.1, -0.05) is 0 Å². The van der Waals surface area contributed by atoms with Gasteiger partial charge in [0, 0.05) is 49.3 Å². The van der Waals surface area contributed by atoms with Crippen molar-refractivity contribution in [3.63, 3.8) is 0 Å². The molecule has 0 spiro atoms. The summed E-state index contributed by atoms with van der Waals surface area (Å²) in [6.07, 6.45) is 2.02. The highest BCUT2D eigenvalue weighted by Gasteiger charge is 1.85. The molecule has 0 amide bonds. The van der Waals surface area contributed by atoms with Crippen molar-refractivity contribution in [3.8, 4) is 0 Å². The molecule has 0 fully saturated rings. The Bertz CT molecular complexity index is 285. The highest BCUT2D eigenvalue weighted by atomic mass is 32.2. The Morgan fingerprint density at radius 1 is 0.700 bits per heavy atom. The molecule has 0 aromatic carbocycles. The van der Waals surface area contributed by atoms with Gasteiger partial charge in [0.25, 0.3) is 0 Å². The van der Waals surface area contributed by atoms with E-state index in [4.69, 9.17) is 0 Å². The summed E-state index contributed by atoms with van der Waals surface area (Å²) in [5, 5.41) is 1.13. The van der Waals surface area contributed by atoms with E-state index >= 15 is 0 Å². The minimum Gasteiger partial charge on any atom is -0.367 e. The molecule has 0 aliphatic heterocycles. The highest BCUT2D eigenvalue weighted by Crippen LogP contribution is 1.92. The fraction of sp³-hybridized carbons (Fsp3) is 0.786. The lowest BCUT2D eigenvalue weighted by Crippen LogP contribution is -2.17. The molecule has 0 bridgehead atoms. The van der Waals surface area contributed by atoms with Crippen molar-refractivity contribution in [1.29, 1.82) is 0 Å². The molecule has 5 nitrogen and oxygen atoms in total. The van der Waals surface area contributed by atoms with Crippen molar-refractivity contribution in [2.75, 3.05) is 55.6 Å². The molecule has 0 aromatic rings. The molecular formula is C14H33N5S. The van der Waals surface area contributed by atoms with E-state index in [-0.39, 0.29) is 0 Å². The summed E-state index contributed by atoms with van der Waals surface area (Å²) >= 11 is 1.67. The average Bonchev–Trinajstić information content (AvgIpc) is 2.45. The van der Waals surface area contributed by atoms with E-state index < -0.39 is 0 Å². The molecule has 0 aliphatic rings. The van der Waals surface area contributed by atoms with Gasteiger partial charge in [-0.15, -0.1) is 11.8 Å². The third kappa shape index (κ3) is 19.3. The first-order valence-corrected chi connectivity index (χ1v) is 7.59. The van der Waals surface area contributed by atoms with E-state index in [2.05, 4.69) is 15.0 Å². The monoisotopic (exact) mass is 303 g/mol. The maximum atomic E-state index is 3.93. The average molecular weight is 304 g/mol. The van der Waals surface area contributed by atoms with Crippen LogP contribution >= 0.6 is 11.8 Å². The van der Waals surface area contributed by atoms with Gasteiger partial charge in [-0.3, -0.25) is 15.0 Å². The first kappa shape index (κ1) is 24.0. The molecule has 0 atom stereocenters. The summed E-state index contributed by atoms with van der Waals surface area (Å²) in [6.45, 7) is 5.94. The van der Waals surface area contributed by atoms with Gasteiger partial charge in [0.15, 0.2) is 0 Å². The third-order valence-corrected chi connectivity index (χ3v) is 3.33. The van der Waals surface area contributed by atoms with Crippen molar-refractivity contribution >= 4 is 28.5 Å². The van der Waals surface area contributed by atoms with Gasteiger partial charge in [0.1, 0.15) is 0 Å². The van der Waals surface area contributed by atoms with Gasteiger partial charge in [0.2, 0.25) is 0 Å². The zero-order valence-corrected chi connectivity index (χ0v) is 16.0. The molecule has 0 heterocycles. The predicted molar refractivity (Wildman–Crippen MR) is 98.0 cm³/mol. The molecule has 0 radical (unpaired) electrons. The van der Waals surface area contributed by atoms with Crippen LogP contribution in [0.3, 0.4) is 0 Å². The summed E-state index contributed by atoms with van der Waals surface area (Å²) in [6, 6.07) is 0. The number of nitrogens with zero attached hydrogens (tertiary/aromatic N) is 5. The van der Waals surface area contributed by atoms with E-state index in [1.807, 2.05) is 65.0 Å². The highest BCUT2D eigenvalue weighted by molar-refractivity contribution is 8.13. The first-order chi connectivity index (χ1) is 9.17. The van der Waals surface area contributed by atoms with Crippen molar-refractivity contribution in [2.24, 2.45) is 15.0 Å². The minimum atomic E-state index is 1.06. The van der Waals surface area contributed by atoms with Crippen LogP contribution in [0.25, 0.3) is 0 Å². The van der Waals surface area contributed by atoms with Crippen LogP contribution in [0.4, 0.5) is 0 Å². The van der Waals surface area contributed by atoms with Gasteiger partial charge in [-0.25, -0.2) is 0 Å². The van der Waals surface area contributed by atoms with E-state index in [0.29, 0.717) is 0 Å². The van der Waals surface area contributed by atoms with Crippen LogP contribution < -0.4 is 0 Å². The second-order valence-electron chi connectivity index (χ2n) is 4.28. The molecule has 0 saturated carbocycles. The molecule has 0 unspecified atom stereocenters. The van der Waals surface area contributed by atoms with E-state index in [9.17, 15) is 0 Å². The van der Waals surface area contributed by atoms with E-state index in [0.717, 1.165) is 16.7 Å².